The van der Waals surface area contributed by atoms with Crippen LogP contribution in [0, 0.1) is 13.8 Å². The van der Waals surface area contributed by atoms with E-state index < -0.39 is 0 Å². The first kappa shape index (κ1) is 19.3. The minimum atomic E-state index is -0.286. The van der Waals surface area contributed by atoms with Crippen molar-refractivity contribution in [3.63, 3.8) is 0 Å². The van der Waals surface area contributed by atoms with Crippen molar-refractivity contribution in [3.8, 4) is 11.4 Å². The topological polar surface area (TPSA) is 97.1 Å². The molecule has 1 saturated carbocycles. The highest BCUT2D eigenvalue weighted by Crippen LogP contribution is 2.38. The average molecular weight is 416 g/mol. The molecule has 5 rings (SSSR count). The Balaban J connectivity index is 1.31. The zero-order valence-electron chi connectivity index (χ0n) is 17.6. The van der Waals surface area contributed by atoms with Gasteiger partial charge in [-0.15, -0.1) is 5.10 Å². The second-order valence-electron chi connectivity index (χ2n) is 8.19. The van der Waals surface area contributed by atoms with Gasteiger partial charge in [0.15, 0.2) is 5.82 Å². The Morgan fingerprint density at radius 2 is 2.00 bits per heavy atom. The Morgan fingerprint density at radius 3 is 2.77 bits per heavy atom. The van der Waals surface area contributed by atoms with Gasteiger partial charge in [0.2, 0.25) is 0 Å². The van der Waals surface area contributed by atoms with E-state index in [0.717, 1.165) is 16.8 Å². The third kappa shape index (κ3) is 3.88. The standard InChI is InChI=1S/C23H24N6O2/c1-14-3-4-17(11-15(14)2)21-25-23(31)20-12-18(13-29(20)27-21)22(30)24-8-10-28-9-7-19(26-28)16-5-6-16/h3-4,7,9,11-13,16H,5-6,8,10H2,1-2H3,(H,24,30)(H,25,27,31). The molecule has 0 atom stereocenters. The first-order chi connectivity index (χ1) is 15.0. The Morgan fingerprint density at radius 1 is 1.16 bits per heavy atom. The fourth-order valence-electron chi connectivity index (χ4n) is 3.64. The molecule has 0 unspecified atom stereocenters. The first-order valence-corrected chi connectivity index (χ1v) is 10.5. The van der Waals surface area contributed by atoms with E-state index in [0.29, 0.717) is 35.9 Å². The molecule has 8 nitrogen and oxygen atoms in total. The van der Waals surface area contributed by atoms with Crippen LogP contribution in [0.15, 0.2) is 47.5 Å². The van der Waals surface area contributed by atoms with Gasteiger partial charge < -0.3 is 10.3 Å². The summed E-state index contributed by atoms with van der Waals surface area (Å²) < 4.78 is 3.32. The van der Waals surface area contributed by atoms with Crippen LogP contribution in [0.4, 0.5) is 0 Å². The largest absolute Gasteiger partial charge is 0.350 e. The monoisotopic (exact) mass is 416 g/mol. The summed E-state index contributed by atoms with van der Waals surface area (Å²) in [5.41, 5.74) is 4.70. The minimum Gasteiger partial charge on any atom is -0.350 e. The van der Waals surface area contributed by atoms with Gasteiger partial charge in [0.1, 0.15) is 5.52 Å². The second-order valence-corrected chi connectivity index (χ2v) is 8.19. The van der Waals surface area contributed by atoms with Gasteiger partial charge in [-0.1, -0.05) is 12.1 Å². The number of benzene rings is 1. The number of hydrogen-bond donors (Lipinski definition) is 2. The molecule has 1 aliphatic rings. The van der Waals surface area contributed by atoms with Crippen LogP contribution in [0.5, 0.6) is 0 Å². The number of H-pyrrole nitrogens is 1. The Bertz CT molecular complexity index is 1340. The smallest absolute Gasteiger partial charge is 0.275 e. The van der Waals surface area contributed by atoms with E-state index in [4.69, 9.17) is 0 Å². The summed E-state index contributed by atoms with van der Waals surface area (Å²) in [5.74, 6) is 0.837. The molecule has 0 bridgehead atoms. The van der Waals surface area contributed by atoms with Gasteiger partial charge in [-0.05, 0) is 56.0 Å². The number of nitrogens with one attached hydrogen (secondary N) is 2. The Hall–Kier alpha value is -3.68. The molecule has 0 spiro atoms. The van der Waals surface area contributed by atoms with Gasteiger partial charge in [-0.3, -0.25) is 14.3 Å². The van der Waals surface area contributed by atoms with Gasteiger partial charge in [-0.2, -0.15) is 5.10 Å². The van der Waals surface area contributed by atoms with Crippen LogP contribution < -0.4 is 10.9 Å². The predicted octanol–water partition coefficient (Wildman–Crippen LogP) is 2.81. The van der Waals surface area contributed by atoms with Crippen LogP contribution in [-0.4, -0.2) is 36.8 Å². The number of hydrogen-bond acceptors (Lipinski definition) is 4. The van der Waals surface area contributed by atoms with E-state index in [1.165, 1.54) is 22.9 Å². The predicted molar refractivity (Wildman–Crippen MR) is 117 cm³/mol. The van der Waals surface area contributed by atoms with E-state index in [-0.39, 0.29) is 11.5 Å². The normalized spacial score (nSPS) is 13.6. The molecule has 1 aromatic carbocycles. The first-order valence-electron chi connectivity index (χ1n) is 10.5. The molecule has 0 radical (unpaired) electrons. The quantitative estimate of drug-likeness (QED) is 0.505. The number of aromatic nitrogens is 5. The van der Waals surface area contributed by atoms with E-state index in [9.17, 15) is 9.59 Å². The summed E-state index contributed by atoms with van der Waals surface area (Å²) in [4.78, 5) is 28.0. The summed E-state index contributed by atoms with van der Waals surface area (Å²) in [5, 5.41) is 11.9. The van der Waals surface area contributed by atoms with E-state index in [1.807, 2.05) is 49.0 Å². The summed E-state index contributed by atoms with van der Waals surface area (Å²) in [6.07, 6.45) is 5.97. The molecule has 158 valence electrons. The number of fused-ring (bicyclic) bond motifs is 1. The summed E-state index contributed by atoms with van der Waals surface area (Å²) in [7, 11) is 0. The van der Waals surface area contributed by atoms with Crippen molar-refractivity contribution < 1.29 is 4.79 Å². The van der Waals surface area contributed by atoms with Crippen LogP contribution in [0.3, 0.4) is 0 Å². The molecular weight excluding hydrogens is 392 g/mol. The molecule has 1 amide bonds. The maximum atomic E-state index is 12.6. The zero-order chi connectivity index (χ0) is 21.5. The van der Waals surface area contributed by atoms with Crippen molar-refractivity contribution in [2.24, 2.45) is 0 Å². The summed E-state index contributed by atoms with van der Waals surface area (Å²) >= 11 is 0. The minimum absolute atomic E-state index is 0.243. The number of amides is 1. The number of aryl methyl sites for hydroxylation is 2. The van der Waals surface area contributed by atoms with Crippen LogP contribution in [0.2, 0.25) is 0 Å². The molecule has 0 aliphatic heterocycles. The van der Waals surface area contributed by atoms with Crippen molar-refractivity contribution in [2.45, 2.75) is 39.2 Å². The van der Waals surface area contributed by atoms with Gasteiger partial charge in [-0.25, -0.2) is 4.52 Å². The molecule has 0 saturated heterocycles. The molecule has 3 heterocycles. The van der Waals surface area contributed by atoms with Gasteiger partial charge in [0.25, 0.3) is 11.5 Å². The summed E-state index contributed by atoms with van der Waals surface area (Å²) in [6.45, 7) is 5.10. The molecule has 1 fully saturated rings. The van der Waals surface area contributed by atoms with Crippen LogP contribution in [0.1, 0.15) is 45.9 Å². The van der Waals surface area contributed by atoms with Gasteiger partial charge in [0, 0.05) is 30.4 Å². The number of aromatic amines is 1. The van der Waals surface area contributed by atoms with Crippen molar-refractivity contribution in [1.29, 1.82) is 0 Å². The Labute approximate surface area is 178 Å². The number of rotatable bonds is 6. The van der Waals surface area contributed by atoms with Crippen molar-refractivity contribution in [3.05, 3.63) is 75.5 Å². The van der Waals surface area contributed by atoms with Crippen LogP contribution in [0.25, 0.3) is 16.9 Å². The van der Waals surface area contributed by atoms with Crippen LogP contribution in [-0.2, 0) is 6.54 Å². The van der Waals surface area contributed by atoms with E-state index in [1.54, 1.807) is 12.3 Å². The maximum Gasteiger partial charge on any atom is 0.275 e. The van der Waals surface area contributed by atoms with Crippen molar-refractivity contribution in [1.82, 2.24) is 29.7 Å². The number of nitrogens with zero attached hydrogens (tertiary/aromatic N) is 4. The number of carbonyl (C=O) groups excluding carboxylic acids is 1. The maximum absolute atomic E-state index is 12.6. The lowest BCUT2D eigenvalue weighted by Gasteiger charge is -2.05. The van der Waals surface area contributed by atoms with E-state index >= 15 is 0 Å². The number of carbonyl (C=O) groups is 1. The summed E-state index contributed by atoms with van der Waals surface area (Å²) in [6, 6.07) is 9.51. The highest BCUT2D eigenvalue weighted by atomic mass is 16.1. The van der Waals surface area contributed by atoms with Crippen molar-refractivity contribution >= 4 is 11.4 Å². The Kier molecular flexibility index (Phi) is 4.69. The fourth-order valence-corrected chi connectivity index (χ4v) is 3.64. The second kappa shape index (κ2) is 7.54. The molecule has 1 aliphatic carbocycles. The molecule has 31 heavy (non-hydrogen) atoms. The van der Waals surface area contributed by atoms with E-state index in [2.05, 4.69) is 20.5 Å². The lowest BCUT2D eigenvalue weighted by molar-refractivity contribution is 0.0952. The third-order valence-corrected chi connectivity index (χ3v) is 5.80. The highest BCUT2D eigenvalue weighted by Gasteiger charge is 2.25. The van der Waals surface area contributed by atoms with Crippen molar-refractivity contribution in [2.75, 3.05) is 6.54 Å². The molecule has 4 aromatic rings. The molecule has 2 N–H and O–H groups in total. The average Bonchev–Trinajstić information content (AvgIpc) is 3.32. The molecule has 8 heteroatoms. The fraction of sp³-hybridized carbons (Fsp3) is 0.304. The highest BCUT2D eigenvalue weighted by molar-refractivity contribution is 5.95. The third-order valence-electron chi connectivity index (χ3n) is 5.80. The molecule has 3 aromatic heterocycles. The molecular formula is C23H24N6O2. The SMILES string of the molecule is Cc1ccc(-c2nn3cc(C(=O)NCCn4ccc(C5CC5)n4)cc3c(=O)[nH]2)cc1C. The lowest BCUT2D eigenvalue weighted by Crippen LogP contribution is -2.27. The lowest BCUT2D eigenvalue weighted by atomic mass is 10.1. The van der Waals surface area contributed by atoms with Crippen LogP contribution >= 0.6 is 0 Å². The zero-order valence-corrected chi connectivity index (χ0v) is 17.6. The van der Waals surface area contributed by atoms with Gasteiger partial charge in [0.05, 0.1) is 17.8 Å². The van der Waals surface area contributed by atoms with Gasteiger partial charge >= 0.3 is 0 Å².